The zero-order valence-electron chi connectivity index (χ0n) is 14.1. The lowest BCUT2D eigenvalue weighted by atomic mass is 9.83. The first kappa shape index (κ1) is 16.8. The summed E-state index contributed by atoms with van der Waals surface area (Å²) in [7, 11) is 0. The number of ether oxygens (including phenoxy) is 2. The van der Waals surface area contributed by atoms with E-state index >= 15 is 0 Å². The van der Waals surface area contributed by atoms with Gasteiger partial charge >= 0.3 is 0 Å². The quantitative estimate of drug-likeness (QED) is 0.638. The lowest BCUT2D eigenvalue weighted by Crippen LogP contribution is -2.29. The standard InChI is InChI=1S/C19H32O2/c1-4-20-14-16(3)21-19-13-15(2)11-12-18(19)17-9-7-5-6-8-10-17/h11-12,16-17,19H,4-10,13-14H2,1-3H3. The number of rotatable bonds is 6. The Morgan fingerprint density at radius 3 is 2.52 bits per heavy atom. The Morgan fingerprint density at radius 2 is 1.86 bits per heavy atom. The fourth-order valence-electron chi connectivity index (χ4n) is 3.57. The fraction of sp³-hybridized carbons (Fsp3) is 0.789. The van der Waals surface area contributed by atoms with Gasteiger partial charge in [-0.2, -0.15) is 0 Å². The predicted molar refractivity (Wildman–Crippen MR) is 88.5 cm³/mol. The lowest BCUT2D eigenvalue weighted by Gasteiger charge is -2.31. The van der Waals surface area contributed by atoms with Crippen LogP contribution in [-0.4, -0.2) is 25.4 Å². The molecular weight excluding hydrogens is 260 g/mol. The summed E-state index contributed by atoms with van der Waals surface area (Å²) in [6, 6.07) is 0. The molecule has 1 fully saturated rings. The summed E-state index contributed by atoms with van der Waals surface area (Å²) in [6.45, 7) is 7.85. The molecule has 0 radical (unpaired) electrons. The molecule has 0 spiro atoms. The van der Waals surface area contributed by atoms with Crippen molar-refractivity contribution in [3.8, 4) is 0 Å². The molecule has 2 rings (SSSR count). The SMILES string of the molecule is CCOCC(C)OC1CC(C)=CC=C1C1CCCCCC1. The molecule has 2 unspecified atom stereocenters. The van der Waals surface area contributed by atoms with Crippen LogP contribution in [0.4, 0.5) is 0 Å². The van der Waals surface area contributed by atoms with E-state index in [1.54, 1.807) is 5.57 Å². The Morgan fingerprint density at radius 1 is 1.14 bits per heavy atom. The minimum Gasteiger partial charge on any atom is -0.379 e. The van der Waals surface area contributed by atoms with Crippen molar-refractivity contribution in [2.45, 2.75) is 77.9 Å². The molecule has 0 amide bonds. The second-order valence-corrected chi connectivity index (χ2v) is 6.67. The highest BCUT2D eigenvalue weighted by atomic mass is 16.5. The fourth-order valence-corrected chi connectivity index (χ4v) is 3.57. The minimum absolute atomic E-state index is 0.176. The minimum atomic E-state index is 0.176. The van der Waals surface area contributed by atoms with Gasteiger partial charge in [-0.1, -0.05) is 43.4 Å². The first-order chi connectivity index (χ1) is 10.2. The van der Waals surface area contributed by atoms with Crippen LogP contribution < -0.4 is 0 Å². The summed E-state index contributed by atoms with van der Waals surface area (Å²) < 4.78 is 11.8. The van der Waals surface area contributed by atoms with Crippen molar-refractivity contribution < 1.29 is 9.47 Å². The van der Waals surface area contributed by atoms with Crippen LogP contribution in [0.3, 0.4) is 0 Å². The summed E-state index contributed by atoms with van der Waals surface area (Å²) in [4.78, 5) is 0. The van der Waals surface area contributed by atoms with Gasteiger partial charge in [-0.05, 0) is 51.5 Å². The molecule has 2 aliphatic rings. The summed E-state index contributed by atoms with van der Waals surface area (Å²) >= 11 is 0. The first-order valence-corrected chi connectivity index (χ1v) is 8.81. The van der Waals surface area contributed by atoms with E-state index in [2.05, 4.69) is 26.0 Å². The van der Waals surface area contributed by atoms with Gasteiger partial charge in [-0.3, -0.25) is 0 Å². The Hall–Kier alpha value is -0.600. The number of hydrogen-bond acceptors (Lipinski definition) is 2. The van der Waals surface area contributed by atoms with Crippen LogP contribution in [0, 0.1) is 5.92 Å². The van der Waals surface area contributed by atoms with E-state index in [0.29, 0.717) is 6.61 Å². The molecular formula is C19H32O2. The zero-order valence-corrected chi connectivity index (χ0v) is 14.1. The molecule has 1 saturated carbocycles. The molecule has 0 aliphatic heterocycles. The average Bonchev–Trinajstić information content (AvgIpc) is 2.74. The van der Waals surface area contributed by atoms with Crippen molar-refractivity contribution in [1.29, 1.82) is 0 Å². The van der Waals surface area contributed by atoms with Crippen molar-refractivity contribution >= 4 is 0 Å². The molecule has 21 heavy (non-hydrogen) atoms. The summed E-state index contributed by atoms with van der Waals surface area (Å²) in [5.74, 6) is 0.737. The van der Waals surface area contributed by atoms with Crippen molar-refractivity contribution in [2.75, 3.05) is 13.2 Å². The largest absolute Gasteiger partial charge is 0.379 e. The molecule has 120 valence electrons. The Kier molecular flexibility index (Phi) is 6.98. The molecule has 2 nitrogen and oxygen atoms in total. The molecule has 2 aliphatic carbocycles. The van der Waals surface area contributed by atoms with Crippen LogP contribution in [0.25, 0.3) is 0 Å². The summed E-state index contributed by atoms with van der Waals surface area (Å²) in [5.41, 5.74) is 2.98. The third-order valence-corrected chi connectivity index (χ3v) is 4.72. The maximum atomic E-state index is 6.34. The van der Waals surface area contributed by atoms with Crippen LogP contribution >= 0.6 is 0 Å². The summed E-state index contributed by atoms with van der Waals surface area (Å²) in [6.07, 6.45) is 14.4. The van der Waals surface area contributed by atoms with E-state index < -0.39 is 0 Å². The van der Waals surface area contributed by atoms with Gasteiger partial charge in [0.15, 0.2) is 0 Å². The molecule has 0 aromatic heterocycles. The Labute approximate surface area is 130 Å². The van der Waals surface area contributed by atoms with Crippen molar-refractivity contribution in [2.24, 2.45) is 5.92 Å². The van der Waals surface area contributed by atoms with Gasteiger partial charge in [-0.25, -0.2) is 0 Å². The van der Waals surface area contributed by atoms with Crippen LogP contribution in [0.2, 0.25) is 0 Å². The third-order valence-electron chi connectivity index (χ3n) is 4.72. The monoisotopic (exact) mass is 292 g/mol. The highest BCUT2D eigenvalue weighted by Crippen LogP contribution is 2.35. The van der Waals surface area contributed by atoms with Gasteiger partial charge in [0.25, 0.3) is 0 Å². The highest BCUT2D eigenvalue weighted by Gasteiger charge is 2.27. The van der Waals surface area contributed by atoms with Crippen LogP contribution in [-0.2, 0) is 9.47 Å². The molecule has 0 aromatic rings. The average molecular weight is 292 g/mol. The molecule has 0 bridgehead atoms. The molecule has 0 N–H and O–H groups in total. The van der Waals surface area contributed by atoms with E-state index in [4.69, 9.17) is 9.47 Å². The molecule has 0 heterocycles. The highest BCUT2D eigenvalue weighted by molar-refractivity contribution is 5.29. The summed E-state index contributed by atoms with van der Waals surface area (Å²) in [5, 5.41) is 0. The van der Waals surface area contributed by atoms with Gasteiger partial charge in [0.05, 0.1) is 18.8 Å². The van der Waals surface area contributed by atoms with E-state index in [1.807, 2.05) is 6.92 Å². The Balaban J connectivity index is 2.00. The van der Waals surface area contributed by atoms with Gasteiger partial charge in [0, 0.05) is 6.61 Å². The van der Waals surface area contributed by atoms with Gasteiger partial charge in [-0.15, -0.1) is 0 Å². The predicted octanol–water partition coefficient (Wildman–Crippen LogP) is 5.04. The molecule has 0 aromatic carbocycles. The molecule has 0 saturated heterocycles. The van der Waals surface area contributed by atoms with E-state index in [0.717, 1.165) is 18.9 Å². The van der Waals surface area contributed by atoms with E-state index in [-0.39, 0.29) is 12.2 Å². The van der Waals surface area contributed by atoms with Gasteiger partial charge in [0.2, 0.25) is 0 Å². The zero-order chi connectivity index (χ0) is 15.1. The third kappa shape index (κ3) is 5.27. The normalized spacial score (nSPS) is 26.0. The lowest BCUT2D eigenvalue weighted by molar-refractivity contribution is -0.0361. The van der Waals surface area contributed by atoms with E-state index in [9.17, 15) is 0 Å². The number of hydrogen-bond donors (Lipinski definition) is 0. The van der Waals surface area contributed by atoms with Crippen molar-refractivity contribution in [3.63, 3.8) is 0 Å². The van der Waals surface area contributed by atoms with Crippen LogP contribution in [0.1, 0.15) is 65.7 Å². The molecule has 2 heteroatoms. The Bertz CT molecular complexity index is 362. The van der Waals surface area contributed by atoms with Crippen LogP contribution in [0.15, 0.2) is 23.3 Å². The first-order valence-electron chi connectivity index (χ1n) is 8.81. The topological polar surface area (TPSA) is 18.5 Å². The molecule has 2 atom stereocenters. The smallest absolute Gasteiger partial charge is 0.0832 e. The van der Waals surface area contributed by atoms with Crippen molar-refractivity contribution in [1.82, 2.24) is 0 Å². The maximum Gasteiger partial charge on any atom is 0.0832 e. The van der Waals surface area contributed by atoms with E-state index in [1.165, 1.54) is 44.1 Å². The van der Waals surface area contributed by atoms with Crippen LogP contribution in [0.5, 0.6) is 0 Å². The number of allylic oxidation sites excluding steroid dienone is 2. The maximum absolute atomic E-state index is 6.34. The van der Waals surface area contributed by atoms with Gasteiger partial charge in [0.1, 0.15) is 0 Å². The second kappa shape index (κ2) is 8.75. The second-order valence-electron chi connectivity index (χ2n) is 6.67. The van der Waals surface area contributed by atoms with Crippen molar-refractivity contribution in [3.05, 3.63) is 23.3 Å². The van der Waals surface area contributed by atoms with Gasteiger partial charge < -0.3 is 9.47 Å².